The highest BCUT2D eigenvalue weighted by atomic mass is 16.6. The summed E-state index contributed by atoms with van der Waals surface area (Å²) in [5, 5.41) is 10.5. The Balaban J connectivity index is 3.17. The van der Waals surface area contributed by atoms with Crippen molar-refractivity contribution in [3.63, 3.8) is 0 Å². The third kappa shape index (κ3) is 2.02. The van der Waals surface area contributed by atoms with E-state index in [-0.39, 0.29) is 5.82 Å². The first kappa shape index (κ1) is 9.18. The summed E-state index contributed by atoms with van der Waals surface area (Å²) in [6.45, 7) is 3.49. The number of anilines is 1. The lowest BCUT2D eigenvalue weighted by Crippen LogP contribution is -1.99. The number of rotatable bonds is 3. The minimum Gasteiger partial charge on any atom is -0.396 e. The molecule has 2 N–H and O–H groups in total. The first-order valence-electron chi connectivity index (χ1n) is 3.65. The van der Waals surface area contributed by atoms with Crippen molar-refractivity contribution in [3.05, 3.63) is 40.6 Å². The third-order valence-electron chi connectivity index (χ3n) is 1.50. The standard InChI is InChI=1S/C8H9N3O2/c1-2-3-6-4-7(9)5-10-8(6)11(12)13/h2,4-5H,1,3,9H2. The van der Waals surface area contributed by atoms with E-state index >= 15 is 0 Å². The van der Waals surface area contributed by atoms with Gasteiger partial charge in [-0.1, -0.05) is 6.08 Å². The minimum atomic E-state index is -0.529. The van der Waals surface area contributed by atoms with Gasteiger partial charge < -0.3 is 15.8 Å². The SMILES string of the molecule is C=CCc1cc(N)cnc1[N+](=O)[O-]. The number of nitrogens with zero attached hydrogens (tertiary/aromatic N) is 2. The fraction of sp³-hybridized carbons (Fsp3) is 0.125. The van der Waals surface area contributed by atoms with Gasteiger partial charge in [-0.3, -0.25) is 0 Å². The maximum atomic E-state index is 10.5. The summed E-state index contributed by atoms with van der Waals surface area (Å²) in [5.74, 6) is -0.158. The van der Waals surface area contributed by atoms with E-state index < -0.39 is 4.92 Å². The van der Waals surface area contributed by atoms with Crippen molar-refractivity contribution in [2.24, 2.45) is 0 Å². The van der Waals surface area contributed by atoms with Crippen LogP contribution in [0.3, 0.4) is 0 Å². The van der Waals surface area contributed by atoms with Gasteiger partial charge in [0.2, 0.25) is 0 Å². The van der Waals surface area contributed by atoms with Gasteiger partial charge in [0.25, 0.3) is 0 Å². The maximum Gasteiger partial charge on any atom is 0.367 e. The topological polar surface area (TPSA) is 82.0 Å². The number of aromatic nitrogens is 1. The molecule has 0 aliphatic heterocycles. The Bertz CT molecular complexity index is 349. The Morgan fingerprint density at radius 3 is 3.00 bits per heavy atom. The van der Waals surface area contributed by atoms with Gasteiger partial charge >= 0.3 is 5.82 Å². The first-order chi connectivity index (χ1) is 6.15. The molecule has 13 heavy (non-hydrogen) atoms. The van der Waals surface area contributed by atoms with Gasteiger partial charge in [0.05, 0.1) is 11.3 Å². The predicted molar refractivity (Wildman–Crippen MR) is 49.2 cm³/mol. The van der Waals surface area contributed by atoms with Crippen molar-refractivity contribution in [1.82, 2.24) is 4.98 Å². The Labute approximate surface area is 75.0 Å². The number of hydrogen-bond acceptors (Lipinski definition) is 4. The molecular weight excluding hydrogens is 170 g/mol. The van der Waals surface area contributed by atoms with E-state index in [4.69, 9.17) is 5.73 Å². The van der Waals surface area contributed by atoms with Gasteiger partial charge in [-0.25, -0.2) is 0 Å². The molecule has 0 unspecified atom stereocenters. The van der Waals surface area contributed by atoms with Crippen LogP contribution in [0.25, 0.3) is 0 Å². The van der Waals surface area contributed by atoms with Gasteiger partial charge in [0.1, 0.15) is 0 Å². The van der Waals surface area contributed by atoms with Crippen LogP contribution in [0.15, 0.2) is 24.9 Å². The maximum absolute atomic E-state index is 10.5. The van der Waals surface area contributed by atoms with Crippen molar-refractivity contribution in [2.75, 3.05) is 5.73 Å². The molecule has 5 nitrogen and oxygen atoms in total. The molecule has 0 aliphatic rings. The molecule has 0 aliphatic carbocycles. The largest absolute Gasteiger partial charge is 0.396 e. The Morgan fingerprint density at radius 1 is 1.77 bits per heavy atom. The molecule has 0 radical (unpaired) electrons. The van der Waals surface area contributed by atoms with E-state index in [1.807, 2.05) is 0 Å². The molecule has 1 aromatic rings. The second kappa shape index (κ2) is 3.66. The van der Waals surface area contributed by atoms with E-state index in [1.165, 1.54) is 12.3 Å². The summed E-state index contributed by atoms with van der Waals surface area (Å²) in [4.78, 5) is 13.6. The molecule has 68 valence electrons. The highest BCUT2D eigenvalue weighted by molar-refractivity contribution is 5.45. The number of allylic oxidation sites excluding steroid dienone is 1. The number of hydrogen-bond donors (Lipinski definition) is 1. The molecule has 1 rings (SSSR count). The van der Waals surface area contributed by atoms with E-state index in [0.29, 0.717) is 17.7 Å². The van der Waals surface area contributed by atoms with Crippen LogP contribution >= 0.6 is 0 Å². The molecule has 0 amide bonds. The summed E-state index contributed by atoms with van der Waals surface area (Å²) in [5.41, 5.74) is 6.34. The van der Waals surface area contributed by atoms with Crippen LogP contribution in [0.5, 0.6) is 0 Å². The average Bonchev–Trinajstić information content (AvgIpc) is 2.04. The zero-order chi connectivity index (χ0) is 9.84. The molecule has 0 saturated carbocycles. The van der Waals surface area contributed by atoms with Gasteiger partial charge in [0.15, 0.2) is 6.20 Å². The fourth-order valence-corrected chi connectivity index (χ4v) is 0.992. The number of nitrogen functional groups attached to an aromatic ring is 1. The Hall–Kier alpha value is -1.91. The van der Waals surface area contributed by atoms with Gasteiger partial charge in [-0.05, 0) is 22.4 Å². The van der Waals surface area contributed by atoms with Crippen LogP contribution in [0.2, 0.25) is 0 Å². The number of pyridine rings is 1. The van der Waals surface area contributed by atoms with Crippen molar-refractivity contribution in [2.45, 2.75) is 6.42 Å². The van der Waals surface area contributed by atoms with Crippen LogP contribution < -0.4 is 5.73 Å². The highest BCUT2D eigenvalue weighted by Gasteiger charge is 2.13. The highest BCUT2D eigenvalue weighted by Crippen LogP contribution is 2.18. The van der Waals surface area contributed by atoms with Crippen molar-refractivity contribution in [3.8, 4) is 0 Å². The zero-order valence-corrected chi connectivity index (χ0v) is 6.93. The second-order valence-corrected chi connectivity index (χ2v) is 2.50. The molecule has 5 heteroatoms. The molecule has 0 aromatic carbocycles. The van der Waals surface area contributed by atoms with Crippen LogP contribution in [0, 0.1) is 10.1 Å². The van der Waals surface area contributed by atoms with Crippen LogP contribution in [-0.4, -0.2) is 9.91 Å². The summed E-state index contributed by atoms with van der Waals surface area (Å²) in [6, 6.07) is 1.53. The quantitative estimate of drug-likeness (QED) is 0.430. The second-order valence-electron chi connectivity index (χ2n) is 2.50. The number of nitro groups is 1. The summed E-state index contributed by atoms with van der Waals surface area (Å²) in [7, 11) is 0. The normalized spacial score (nSPS) is 9.54. The lowest BCUT2D eigenvalue weighted by molar-refractivity contribution is -0.390. The van der Waals surface area contributed by atoms with E-state index in [1.54, 1.807) is 6.08 Å². The Morgan fingerprint density at radius 2 is 2.46 bits per heavy atom. The fourth-order valence-electron chi connectivity index (χ4n) is 0.992. The van der Waals surface area contributed by atoms with E-state index in [2.05, 4.69) is 11.6 Å². The molecular formula is C8H9N3O2. The molecule has 0 bridgehead atoms. The average molecular weight is 179 g/mol. The summed E-state index contributed by atoms with van der Waals surface area (Å²) in [6.07, 6.45) is 3.24. The minimum absolute atomic E-state index is 0.158. The summed E-state index contributed by atoms with van der Waals surface area (Å²) < 4.78 is 0. The zero-order valence-electron chi connectivity index (χ0n) is 6.93. The molecule has 0 atom stereocenters. The molecule has 0 spiro atoms. The van der Waals surface area contributed by atoms with Crippen molar-refractivity contribution in [1.29, 1.82) is 0 Å². The molecule has 0 saturated heterocycles. The summed E-state index contributed by atoms with van der Waals surface area (Å²) >= 11 is 0. The Kier molecular flexibility index (Phi) is 2.59. The van der Waals surface area contributed by atoms with Crippen LogP contribution in [0.4, 0.5) is 11.5 Å². The first-order valence-corrected chi connectivity index (χ1v) is 3.65. The third-order valence-corrected chi connectivity index (χ3v) is 1.50. The smallest absolute Gasteiger partial charge is 0.367 e. The lowest BCUT2D eigenvalue weighted by atomic mass is 10.2. The molecule has 1 aromatic heterocycles. The van der Waals surface area contributed by atoms with Crippen molar-refractivity contribution >= 4 is 11.5 Å². The monoisotopic (exact) mass is 179 g/mol. The van der Waals surface area contributed by atoms with Gasteiger partial charge in [-0.15, -0.1) is 6.58 Å². The lowest BCUT2D eigenvalue weighted by Gasteiger charge is -1.99. The van der Waals surface area contributed by atoms with Crippen molar-refractivity contribution < 1.29 is 4.92 Å². The molecule has 1 heterocycles. The molecule has 0 fully saturated rings. The number of nitrogens with two attached hydrogens (primary N) is 1. The van der Waals surface area contributed by atoms with E-state index in [9.17, 15) is 10.1 Å². The predicted octanol–water partition coefficient (Wildman–Crippen LogP) is 1.30. The van der Waals surface area contributed by atoms with Gasteiger partial charge in [0, 0.05) is 0 Å². The van der Waals surface area contributed by atoms with Gasteiger partial charge in [-0.2, -0.15) is 0 Å². The van der Waals surface area contributed by atoms with E-state index in [0.717, 1.165) is 0 Å². The van der Waals surface area contributed by atoms with Crippen LogP contribution in [0.1, 0.15) is 5.56 Å². The van der Waals surface area contributed by atoms with Crippen LogP contribution in [-0.2, 0) is 6.42 Å².